The van der Waals surface area contributed by atoms with E-state index in [-0.39, 0.29) is 0 Å². The van der Waals surface area contributed by atoms with E-state index in [4.69, 9.17) is 5.73 Å². The molecule has 0 spiro atoms. The molecule has 1 heteroatoms. The van der Waals surface area contributed by atoms with Gasteiger partial charge in [-0.2, -0.15) is 0 Å². The van der Waals surface area contributed by atoms with Crippen LogP contribution in [-0.2, 0) is 0 Å². The van der Waals surface area contributed by atoms with Crippen molar-refractivity contribution in [2.45, 2.75) is 6.92 Å². The number of benzene rings is 2. The molecule has 0 atom stereocenters. The molecule has 12 heavy (non-hydrogen) atoms. The smallest absolute Gasteiger partial charge is 0.0350 e. The Labute approximate surface area is 71.8 Å². The van der Waals surface area contributed by atoms with Gasteiger partial charge in [0.1, 0.15) is 0 Å². The number of anilines is 1. The van der Waals surface area contributed by atoms with Crippen molar-refractivity contribution < 1.29 is 0 Å². The molecule has 0 saturated heterocycles. The second kappa shape index (κ2) is 2.52. The summed E-state index contributed by atoms with van der Waals surface area (Å²) in [6.07, 6.45) is 0. The Kier molecular flexibility index (Phi) is 1.51. The molecular weight excluding hydrogens is 146 g/mol. The molecule has 60 valence electrons. The molecule has 0 unspecified atom stereocenters. The SMILES string of the molecule is Cc1cc2ccccc2cc1N. The van der Waals surface area contributed by atoms with Gasteiger partial charge < -0.3 is 5.73 Å². The normalized spacial score (nSPS) is 10.4. The molecule has 0 aromatic heterocycles. The second-order valence-corrected chi connectivity index (χ2v) is 3.06. The molecule has 2 rings (SSSR count). The number of aryl methyl sites for hydroxylation is 1. The Bertz CT molecular complexity index is 378. The lowest BCUT2D eigenvalue weighted by Crippen LogP contribution is -1.88. The lowest BCUT2D eigenvalue weighted by Gasteiger charge is -2.02. The summed E-state index contributed by atoms with van der Waals surface area (Å²) in [4.78, 5) is 0. The summed E-state index contributed by atoms with van der Waals surface area (Å²) in [5, 5.41) is 2.46. The first kappa shape index (κ1) is 7.17. The quantitative estimate of drug-likeness (QED) is 0.584. The van der Waals surface area contributed by atoms with Crippen LogP contribution in [0.1, 0.15) is 5.56 Å². The zero-order chi connectivity index (χ0) is 8.55. The summed E-state index contributed by atoms with van der Waals surface area (Å²) in [6, 6.07) is 12.4. The summed E-state index contributed by atoms with van der Waals surface area (Å²) >= 11 is 0. The number of rotatable bonds is 0. The number of fused-ring (bicyclic) bond motifs is 1. The monoisotopic (exact) mass is 157 g/mol. The van der Waals surface area contributed by atoms with Gasteiger partial charge >= 0.3 is 0 Å². The van der Waals surface area contributed by atoms with Crippen LogP contribution in [0.4, 0.5) is 5.69 Å². The lowest BCUT2D eigenvalue weighted by atomic mass is 10.1. The maximum atomic E-state index is 5.79. The molecule has 0 amide bonds. The Morgan fingerprint density at radius 3 is 2.25 bits per heavy atom. The number of hydrogen-bond donors (Lipinski definition) is 1. The summed E-state index contributed by atoms with van der Waals surface area (Å²) < 4.78 is 0. The van der Waals surface area contributed by atoms with Crippen LogP contribution in [0.5, 0.6) is 0 Å². The molecule has 2 N–H and O–H groups in total. The first-order valence-electron chi connectivity index (χ1n) is 4.02. The van der Waals surface area contributed by atoms with Gasteiger partial charge in [-0.25, -0.2) is 0 Å². The van der Waals surface area contributed by atoms with Crippen molar-refractivity contribution in [1.82, 2.24) is 0 Å². The predicted molar refractivity (Wildman–Crippen MR) is 53.1 cm³/mol. The van der Waals surface area contributed by atoms with Gasteiger partial charge in [-0.1, -0.05) is 24.3 Å². The van der Waals surface area contributed by atoms with Crippen LogP contribution < -0.4 is 5.73 Å². The van der Waals surface area contributed by atoms with Crippen LogP contribution in [0.3, 0.4) is 0 Å². The minimum absolute atomic E-state index is 0.869. The number of hydrogen-bond acceptors (Lipinski definition) is 1. The topological polar surface area (TPSA) is 26.0 Å². The van der Waals surface area contributed by atoms with Gasteiger partial charge in [0.2, 0.25) is 0 Å². The fourth-order valence-corrected chi connectivity index (χ4v) is 1.37. The fraction of sp³-hybridized carbons (Fsp3) is 0.0909. The molecule has 0 bridgehead atoms. The molecule has 0 aliphatic heterocycles. The third-order valence-electron chi connectivity index (χ3n) is 2.13. The molecule has 0 radical (unpaired) electrons. The van der Waals surface area contributed by atoms with Crippen molar-refractivity contribution in [2.75, 3.05) is 5.73 Å². The molecule has 1 nitrogen and oxygen atoms in total. The third-order valence-corrected chi connectivity index (χ3v) is 2.13. The van der Waals surface area contributed by atoms with E-state index < -0.39 is 0 Å². The van der Waals surface area contributed by atoms with Gasteiger partial charge in [-0.15, -0.1) is 0 Å². The van der Waals surface area contributed by atoms with Crippen molar-refractivity contribution in [3.05, 3.63) is 42.0 Å². The Morgan fingerprint density at radius 2 is 1.58 bits per heavy atom. The second-order valence-electron chi connectivity index (χ2n) is 3.06. The van der Waals surface area contributed by atoms with E-state index in [2.05, 4.69) is 18.2 Å². The molecule has 2 aromatic carbocycles. The number of nitrogens with two attached hydrogens (primary N) is 1. The van der Waals surface area contributed by atoms with Gasteiger partial charge in [0, 0.05) is 5.69 Å². The molecule has 2 aromatic rings. The Morgan fingerprint density at radius 1 is 1.00 bits per heavy atom. The largest absolute Gasteiger partial charge is 0.398 e. The third kappa shape index (κ3) is 1.03. The zero-order valence-corrected chi connectivity index (χ0v) is 7.04. The molecule has 0 saturated carbocycles. The average molecular weight is 157 g/mol. The first-order valence-corrected chi connectivity index (χ1v) is 4.02. The molecular formula is C11H11N. The lowest BCUT2D eigenvalue weighted by molar-refractivity contribution is 1.50. The van der Waals surface area contributed by atoms with E-state index in [1.165, 1.54) is 10.8 Å². The summed E-state index contributed by atoms with van der Waals surface area (Å²) in [6.45, 7) is 2.03. The van der Waals surface area contributed by atoms with Crippen molar-refractivity contribution >= 4 is 16.5 Å². The minimum Gasteiger partial charge on any atom is -0.398 e. The highest BCUT2D eigenvalue weighted by atomic mass is 14.5. The highest BCUT2D eigenvalue weighted by molar-refractivity contribution is 5.86. The fourth-order valence-electron chi connectivity index (χ4n) is 1.37. The molecule has 0 heterocycles. The van der Waals surface area contributed by atoms with Gasteiger partial charge in [0.15, 0.2) is 0 Å². The van der Waals surface area contributed by atoms with Crippen LogP contribution in [-0.4, -0.2) is 0 Å². The van der Waals surface area contributed by atoms with Crippen molar-refractivity contribution in [3.8, 4) is 0 Å². The highest BCUT2D eigenvalue weighted by Crippen LogP contribution is 2.20. The van der Waals surface area contributed by atoms with Gasteiger partial charge in [0.25, 0.3) is 0 Å². The molecule has 0 aliphatic carbocycles. The van der Waals surface area contributed by atoms with Crippen molar-refractivity contribution in [3.63, 3.8) is 0 Å². The van der Waals surface area contributed by atoms with Crippen LogP contribution in [0.2, 0.25) is 0 Å². The van der Waals surface area contributed by atoms with E-state index in [9.17, 15) is 0 Å². The van der Waals surface area contributed by atoms with E-state index in [1.54, 1.807) is 0 Å². The van der Waals surface area contributed by atoms with E-state index in [0.717, 1.165) is 11.3 Å². The van der Waals surface area contributed by atoms with Crippen LogP contribution in [0.25, 0.3) is 10.8 Å². The summed E-state index contributed by atoms with van der Waals surface area (Å²) in [7, 11) is 0. The van der Waals surface area contributed by atoms with Crippen molar-refractivity contribution in [1.29, 1.82) is 0 Å². The Hall–Kier alpha value is -1.50. The van der Waals surface area contributed by atoms with E-state index in [1.807, 2.05) is 25.1 Å². The maximum absolute atomic E-state index is 5.79. The standard InChI is InChI=1S/C11H11N/c1-8-6-9-4-2-3-5-10(9)7-11(8)12/h2-7H,12H2,1H3. The predicted octanol–water partition coefficient (Wildman–Crippen LogP) is 2.73. The summed E-state index contributed by atoms with van der Waals surface area (Å²) in [5.41, 5.74) is 7.80. The average Bonchev–Trinajstić information content (AvgIpc) is 2.07. The van der Waals surface area contributed by atoms with Gasteiger partial charge in [0.05, 0.1) is 0 Å². The van der Waals surface area contributed by atoms with Crippen LogP contribution >= 0.6 is 0 Å². The number of nitrogen functional groups attached to an aromatic ring is 1. The van der Waals surface area contributed by atoms with Crippen molar-refractivity contribution in [2.24, 2.45) is 0 Å². The van der Waals surface area contributed by atoms with Gasteiger partial charge in [-0.3, -0.25) is 0 Å². The maximum Gasteiger partial charge on any atom is 0.0350 e. The van der Waals surface area contributed by atoms with E-state index >= 15 is 0 Å². The molecule has 0 fully saturated rings. The zero-order valence-electron chi connectivity index (χ0n) is 7.04. The van der Waals surface area contributed by atoms with Gasteiger partial charge in [-0.05, 0) is 35.4 Å². The Balaban J connectivity index is 2.84. The highest BCUT2D eigenvalue weighted by Gasteiger charge is 1.95. The van der Waals surface area contributed by atoms with Crippen LogP contribution in [0.15, 0.2) is 36.4 Å². The molecule has 0 aliphatic rings. The minimum atomic E-state index is 0.869. The summed E-state index contributed by atoms with van der Waals surface area (Å²) in [5.74, 6) is 0. The van der Waals surface area contributed by atoms with E-state index in [0.29, 0.717) is 0 Å². The van der Waals surface area contributed by atoms with Crippen LogP contribution in [0, 0.1) is 6.92 Å². The first-order chi connectivity index (χ1) is 5.77.